The van der Waals surface area contributed by atoms with E-state index in [9.17, 15) is 9.59 Å². The van der Waals surface area contributed by atoms with Crippen LogP contribution in [0.3, 0.4) is 0 Å². The van der Waals surface area contributed by atoms with Crippen molar-refractivity contribution in [1.82, 2.24) is 14.9 Å². The fourth-order valence-electron chi connectivity index (χ4n) is 2.25. The highest BCUT2D eigenvalue weighted by molar-refractivity contribution is 7.99. The Morgan fingerprint density at radius 2 is 2.16 bits per heavy atom. The number of thiophene rings is 1. The Balaban J connectivity index is 1.91. The van der Waals surface area contributed by atoms with Gasteiger partial charge < -0.3 is 5.32 Å². The zero-order chi connectivity index (χ0) is 17.8. The lowest BCUT2D eigenvalue weighted by atomic mass is 10.2. The molecule has 7 heteroatoms. The molecule has 0 atom stereocenters. The summed E-state index contributed by atoms with van der Waals surface area (Å²) in [6, 6.07) is 11.7. The van der Waals surface area contributed by atoms with E-state index in [4.69, 9.17) is 6.42 Å². The van der Waals surface area contributed by atoms with E-state index in [0.29, 0.717) is 15.4 Å². The topological polar surface area (TPSA) is 64.0 Å². The van der Waals surface area contributed by atoms with Crippen molar-refractivity contribution >= 4 is 39.2 Å². The van der Waals surface area contributed by atoms with Gasteiger partial charge in [-0.25, -0.2) is 4.98 Å². The second kappa shape index (κ2) is 7.55. The summed E-state index contributed by atoms with van der Waals surface area (Å²) in [5.41, 5.74) is 0.936. The van der Waals surface area contributed by atoms with E-state index in [2.05, 4.69) is 16.2 Å². The SMILES string of the molecule is C#CCNC(=O)CSc1nc2sc(-c3ccccc3)cc2c(=O)n1C. The van der Waals surface area contributed by atoms with Crippen LogP contribution in [-0.2, 0) is 11.8 Å². The Morgan fingerprint density at radius 1 is 1.40 bits per heavy atom. The van der Waals surface area contributed by atoms with Gasteiger partial charge in [-0.2, -0.15) is 0 Å². The van der Waals surface area contributed by atoms with Crippen molar-refractivity contribution in [3.63, 3.8) is 0 Å². The highest BCUT2D eigenvalue weighted by atomic mass is 32.2. The van der Waals surface area contributed by atoms with Crippen LogP contribution in [0.25, 0.3) is 20.7 Å². The highest BCUT2D eigenvalue weighted by Crippen LogP contribution is 2.31. The molecular weight excluding hydrogens is 354 g/mol. The second-order valence-electron chi connectivity index (χ2n) is 5.22. The number of aromatic nitrogens is 2. The molecular formula is C18H15N3O2S2. The first-order valence-corrected chi connectivity index (χ1v) is 9.29. The third-order valence-electron chi connectivity index (χ3n) is 3.51. The van der Waals surface area contributed by atoms with Crippen LogP contribution >= 0.6 is 23.1 Å². The van der Waals surface area contributed by atoms with Gasteiger partial charge in [-0.15, -0.1) is 17.8 Å². The minimum atomic E-state index is -0.187. The molecule has 3 rings (SSSR count). The van der Waals surface area contributed by atoms with E-state index in [0.717, 1.165) is 10.4 Å². The number of hydrogen-bond donors (Lipinski definition) is 1. The molecule has 0 bridgehead atoms. The molecule has 0 spiro atoms. The van der Waals surface area contributed by atoms with Gasteiger partial charge in [0.1, 0.15) is 4.83 Å². The highest BCUT2D eigenvalue weighted by Gasteiger charge is 2.14. The minimum Gasteiger partial charge on any atom is -0.344 e. The summed E-state index contributed by atoms with van der Waals surface area (Å²) in [7, 11) is 1.66. The fraction of sp³-hybridized carbons (Fsp3) is 0.167. The number of hydrogen-bond acceptors (Lipinski definition) is 5. The van der Waals surface area contributed by atoms with Gasteiger partial charge in [-0.05, 0) is 11.6 Å². The van der Waals surface area contributed by atoms with E-state index in [1.807, 2.05) is 36.4 Å². The molecule has 0 aliphatic rings. The molecule has 0 aliphatic carbocycles. The largest absolute Gasteiger partial charge is 0.344 e. The maximum atomic E-state index is 12.6. The molecule has 1 aromatic carbocycles. The lowest BCUT2D eigenvalue weighted by molar-refractivity contribution is -0.118. The predicted octanol–water partition coefficient (Wildman–Crippen LogP) is 2.50. The molecule has 0 saturated heterocycles. The quantitative estimate of drug-likeness (QED) is 0.426. The monoisotopic (exact) mass is 369 g/mol. The molecule has 5 nitrogen and oxygen atoms in total. The van der Waals surface area contributed by atoms with Crippen LogP contribution in [0.15, 0.2) is 46.3 Å². The summed E-state index contributed by atoms with van der Waals surface area (Å²) in [4.78, 5) is 30.5. The Bertz CT molecular complexity index is 1020. The number of benzene rings is 1. The van der Waals surface area contributed by atoms with Crippen LogP contribution in [0.1, 0.15) is 0 Å². The number of carbonyl (C=O) groups excluding carboxylic acids is 1. The molecule has 0 fully saturated rings. The van der Waals surface area contributed by atoms with Gasteiger partial charge in [0.2, 0.25) is 5.91 Å². The van der Waals surface area contributed by atoms with Crippen molar-refractivity contribution in [3.05, 3.63) is 46.8 Å². The number of nitrogens with zero attached hydrogens (tertiary/aromatic N) is 2. The average molecular weight is 369 g/mol. The minimum absolute atomic E-state index is 0.116. The molecule has 2 aromatic heterocycles. The number of nitrogens with one attached hydrogen (secondary N) is 1. The maximum absolute atomic E-state index is 12.6. The van der Waals surface area contributed by atoms with Crippen molar-refractivity contribution in [1.29, 1.82) is 0 Å². The van der Waals surface area contributed by atoms with Crippen LogP contribution in [0, 0.1) is 12.3 Å². The van der Waals surface area contributed by atoms with Gasteiger partial charge in [-0.1, -0.05) is 48.0 Å². The average Bonchev–Trinajstić information content (AvgIpc) is 3.07. The van der Waals surface area contributed by atoms with Crippen LogP contribution < -0.4 is 10.9 Å². The van der Waals surface area contributed by atoms with E-state index in [-0.39, 0.29) is 23.8 Å². The summed E-state index contributed by atoms with van der Waals surface area (Å²) in [6.45, 7) is 0.191. The van der Waals surface area contributed by atoms with E-state index in [1.165, 1.54) is 27.7 Å². The summed E-state index contributed by atoms with van der Waals surface area (Å²) in [5.74, 6) is 2.32. The molecule has 0 saturated carbocycles. The molecule has 25 heavy (non-hydrogen) atoms. The Labute approximate surface area is 153 Å². The Kier molecular flexibility index (Phi) is 5.22. The predicted molar refractivity (Wildman–Crippen MR) is 103 cm³/mol. The smallest absolute Gasteiger partial charge is 0.262 e. The third kappa shape index (κ3) is 3.76. The van der Waals surface area contributed by atoms with Crippen molar-refractivity contribution < 1.29 is 4.79 Å². The molecule has 2 heterocycles. The lowest BCUT2D eigenvalue weighted by Crippen LogP contribution is -2.26. The first kappa shape index (κ1) is 17.3. The molecule has 126 valence electrons. The molecule has 1 amide bonds. The first-order chi connectivity index (χ1) is 12.1. The van der Waals surface area contributed by atoms with Gasteiger partial charge >= 0.3 is 0 Å². The van der Waals surface area contributed by atoms with Crippen molar-refractivity contribution in [2.45, 2.75) is 5.16 Å². The molecule has 0 radical (unpaired) electrons. The molecule has 3 aromatic rings. The maximum Gasteiger partial charge on any atom is 0.262 e. The number of fused-ring (bicyclic) bond motifs is 1. The third-order valence-corrected chi connectivity index (χ3v) is 5.62. The zero-order valence-corrected chi connectivity index (χ0v) is 15.1. The van der Waals surface area contributed by atoms with Gasteiger partial charge in [0, 0.05) is 11.9 Å². The summed E-state index contributed by atoms with van der Waals surface area (Å²) >= 11 is 2.69. The lowest BCUT2D eigenvalue weighted by Gasteiger charge is -2.06. The van der Waals surface area contributed by atoms with Gasteiger partial charge in [0.25, 0.3) is 5.56 Å². The van der Waals surface area contributed by atoms with Crippen molar-refractivity contribution in [3.8, 4) is 22.8 Å². The molecule has 0 aliphatic heterocycles. The van der Waals surface area contributed by atoms with Gasteiger partial charge in [0.05, 0.1) is 17.7 Å². The van der Waals surface area contributed by atoms with Crippen molar-refractivity contribution in [2.24, 2.45) is 7.05 Å². The number of rotatable bonds is 5. The van der Waals surface area contributed by atoms with Crippen LogP contribution in [0.2, 0.25) is 0 Å². The van der Waals surface area contributed by atoms with Gasteiger partial charge in [0.15, 0.2) is 5.16 Å². The normalized spacial score (nSPS) is 10.6. The van der Waals surface area contributed by atoms with E-state index >= 15 is 0 Å². The Hall–Kier alpha value is -2.56. The number of thioether (sulfide) groups is 1. The Morgan fingerprint density at radius 3 is 2.88 bits per heavy atom. The molecule has 1 N–H and O–H groups in total. The number of carbonyl (C=O) groups is 1. The summed E-state index contributed by atoms with van der Waals surface area (Å²) in [5, 5.41) is 3.69. The van der Waals surface area contributed by atoms with Crippen molar-refractivity contribution in [2.75, 3.05) is 12.3 Å². The summed E-state index contributed by atoms with van der Waals surface area (Å²) < 4.78 is 1.48. The second-order valence-corrected chi connectivity index (χ2v) is 7.20. The fourth-order valence-corrected chi connectivity index (χ4v) is 4.13. The zero-order valence-electron chi connectivity index (χ0n) is 13.5. The van der Waals surface area contributed by atoms with Crippen LogP contribution in [0.5, 0.6) is 0 Å². The summed E-state index contributed by atoms with van der Waals surface area (Å²) in [6.07, 6.45) is 5.11. The molecule has 0 unspecified atom stereocenters. The number of terminal acetylenes is 1. The van der Waals surface area contributed by atoms with Crippen LogP contribution in [0.4, 0.5) is 0 Å². The van der Waals surface area contributed by atoms with Crippen LogP contribution in [-0.4, -0.2) is 27.8 Å². The van der Waals surface area contributed by atoms with E-state index < -0.39 is 0 Å². The standard InChI is InChI=1S/C18H15N3O2S2/c1-3-9-19-15(22)11-24-18-20-16-13(17(23)21(18)2)10-14(25-16)12-7-5-4-6-8-12/h1,4-8,10H,9,11H2,2H3,(H,19,22). The number of amides is 1. The first-order valence-electron chi connectivity index (χ1n) is 7.49. The van der Waals surface area contributed by atoms with E-state index in [1.54, 1.807) is 7.05 Å². The van der Waals surface area contributed by atoms with Gasteiger partial charge in [-0.3, -0.25) is 14.2 Å².